The molecule has 1 atom stereocenters. The minimum atomic E-state index is -0.471. The summed E-state index contributed by atoms with van der Waals surface area (Å²) in [5.74, 6) is 0.402. The molecule has 1 heteroatoms. The molecule has 0 saturated carbocycles. The van der Waals surface area contributed by atoms with E-state index in [-0.39, 0.29) is 5.41 Å². The maximum Gasteiger partial charge on any atom is 0.0713 e. The Kier molecular flexibility index (Phi) is 9.28. The maximum atomic E-state index is 2.50. The SMILES string of the molecule is CC1(C)c2ccccc2-c2ccc(N(c3cccc(-c4cccc5c4-c4ccccc4C5(c4ccccc4)c4ccccc4)c3)c3ccccc3-c3ccc(C4C=CC=CC4)cc3)cc21. The summed E-state index contributed by atoms with van der Waals surface area (Å²) >= 11 is 0. The molecule has 9 aromatic carbocycles. The lowest BCUT2D eigenvalue weighted by molar-refractivity contribution is 0.660. The van der Waals surface area contributed by atoms with Crippen molar-refractivity contribution in [1.29, 1.82) is 0 Å². The van der Waals surface area contributed by atoms with Gasteiger partial charge in [-0.1, -0.05) is 226 Å². The van der Waals surface area contributed by atoms with E-state index in [2.05, 4.69) is 261 Å². The summed E-state index contributed by atoms with van der Waals surface area (Å²) in [4.78, 5) is 2.50. The summed E-state index contributed by atoms with van der Waals surface area (Å²) in [5.41, 5.74) is 22.0. The zero-order valence-electron chi connectivity index (χ0n) is 36.8. The standard InChI is InChI=1S/C64H49N/c1-63(2)57-32-15-12-29-54(57)55-41-40-51(43-60(55)63)65(61-35-17-14-28-52(61)46-38-36-45(37-39-46)44-20-6-3-7-21-44)50-27-18-22-47(42-50)53-31-19-34-59-62(53)56-30-13-16-33-58(56)64(59,48-23-8-4-9-24-48)49-25-10-5-11-26-49/h3-20,22-44H,21H2,1-2H3. The van der Waals surface area contributed by atoms with Crippen LogP contribution in [-0.2, 0) is 10.8 Å². The summed E-state index contributed by atoms with van der Waals surface area (Å²) in [7, 11) is 0. The van der Waals surface area contributed by atoms with Crippen molar-refractivity contribution in [2.24, 2.45) is 0 Å². The van der Waals surface area contributed by atoms with Crippen LogP contribution in [0.4, 0.5) is 17.1 Å². The van der Waals surface area contributed by atoms with Gasteiger partial charge in [0.05, 0.1) is 11.1 Å². The highest BCUT2D eigenvalue weighted by Gasteiger charge is 2.46. The van der Waals surface area contributed by atoms with Crippen LogP contribution in [-0.4, -0.2) is 0 Å². The number of nitrogens with zero attached hydrogens (tertiary/aromatic N) is 1. The highest BCUT2D eigenvalue weighted by Crippen LogP contribution is 2.59. The predicted molar refractivity (Wildman–Crippen MR) is 273 cm³/mol. The van der Waals surface area contributed by atoms with Gasteiger partial charge in [-0.25, -0.2) is 0 Å². The van der Waals surface area contributed by atoms with E-state index < -0.39 is 5.41 Å². The van der Waals surface area contributed by atoms with Gasteiger partial charge in [-0.05, 0) is 115 Å². The Morgan fingerprint density at radius 2 is 1.02 bits per heavy atom. The zero-order chi connectivity index (χ0) is 43.5. The molecule has 3 aliphatic rings. The van der Waals surface area contributed by atoms with Crippen molar-refractivity contribution in [1.82, 2.24) is 0 Å². The molecule has 65 heavy (non-hydrogen) atoms. The molecule has 0 radical (unpaired) electrons. The van der Waals surface area contributed by atoms with E-state index in [0.29, 0.717) is 5.92 Å². The average molecular weight is 832 g/mol. The Labute approximate surface area is 383 Å². The van der Waals surface area contributed by atoms with Crippen molar-refractivity contribution in [2.45, 2.75) is 37.0 Å². The van der Waals surface area contributed by atoms with Gasteiger partial charge in [0.25, 0.3) is 0 Å². The monoisotopic (exact) mass is 831 g/mol. The molecule has 0 saturated heterocycles. The Balaban J connectivity index is 1.05. The molecule has 0 aromatic heterocycles. The first-order valence-electron chi connectivity index (χ1n) is 23.0. The van der Waals surface area contributed by atoms with Gasteiger partial charge in [-0.2, -0.15) is 0 Å². The molecule has 1 nitrogen and oxygen atoms in total. The maximum absolute atomic E-state index is 2.50. The topological polar surface area (TPSA) is 3.24 Å². The van der Waals surface area contributed by atoms with Gasteiger partial charge in [0.1, 0.15) is 0 Å². The number of benzene rings is 9. The smallest absolute Gasteiger partial charge is 0.0713 e. The fourth-order valence-corrected chi connectivity index (χ4v) is 11.5. The summed E-state index contributed by atoms with van der Waals surface area (Å²) in [5, 5.41) is 0. The molecule has 3 aliphatic carbocycles. The van der Waals surface area contributed by atoms with E-state index in [1.807, 2.05) is 0 Å². The molecule has 0 aliphatic heterocycles. The summed E-state index contributed by atoms with van der Waals surface area (Å²) in [6.07, 6.45) is 9.93. The molecular formula is C64H49N. The van der Waals surface area contributed by atoms with Crippen LogP contribution >= 0.6 is 0 Å². The molecule has 0 spiro atoms. The first kappa shape index (κ1) is 38.9. The first-order valence-corrected chi connectivity index (χ1v) is 23.0. The van der Waals surface area contributed by atoms with Gasteiger partial charge in [0, 0.05) is 28.3 Å². The Bertz CT molecular complexity index is 3270. The number of rotatable bonds is 8. The highest BCUT2D eigenvalue weighted by molar-refractivity contribution is 5.97. The van der Waals surface area contributed by atoms with Gasteiger partial charge in [0.15, 0.2) is 0 Å². The van der Waals surface area contributed by atoms with Crippen molar-refractivity contribution in [2.75, 3.05) is 4.90 Å². The second-order valence-corrected chi connectivity index (χ2v) is 18.3. The molecule has 310 valence electrons. The molecule has 1 unspecified atom stereocenters. The number of para-hydroxylation sites is 1. The molecule has 12 rings (SSSR count). The van der Waals surface area contributed by atoms with Crippen molar-refractivity contribution in [3.63, 3.8) is 0 Å². The van der Waals surface area contributed by atoms with Crippen LogP contribution in [0.3, 0.4) is 0 Å². The number of anilines is 3. The van der Waals surface area contributed by atoms with Gasteiger partial charge < -0.3 is 4.90 Å². The Morgan fingerprint density at radius 1 is 0.415 bits per heavy atom. The summed E-state index contributed by atoms with van der Waals surface area (Å²) in [6.45, 7) is 4.75. The highest BCUT2D eigenvalue weighted by atomic mass is 15.1. The van der Waals surface area contributed by atoms with Crippen molar-refractivity contribution >= 4 is 17.1 Å². The van der Waals surface area contributed by atoms with Crippen LogP contribution in [0, 0.1) is 0 Å². The largest absolute Gasteiger partial charge is 0.310 e. The van der Waals surface area contributed by atoms with Crippen molar-refractivity contribution in [3.8, 4) is 44.5 Å². The Morgan fingerprint density at radius 3 is 1.75 bits per heavy atom. The quantitative estimate of drug-likeness (QED) is 0.147. The number of hydrogen-bond donors (Lipinski definition) is 0. The van der Waals surface area contributed by atoms with Crippen LogP contribution in [0.1, 0.15) is 65.1 Å². The van der Waals surface area contributed by atoms with E-state index in [4.69, 9.17) is 0 Å². The first-order chi connectivity index (χ1) is 32.0. The van der Waals surface area contributed by atoms with E-state index in [1.165, 1.54) is 83.5 Å². The average Bonchev–Trinajstić information content (AvgIpc) is 3.81. The van der Waals surface area contributed by atoms with Crippen LogP contribution in [0.2, 0.25) is 0 Å². The zero-order valence-corrected chi connectivity index (χ0v) is 36.8. The van der Waals surface area contributed by atoms with Crippen LogP contribution in [0.25, 0.3) is 44.5 Å². The van der Waals surface area contributed by atoms with Gasteiger partial charge >= 0.3 is 0 Å². The van der Waals surface area contributed by atoms with Crippen molar-refractivity contribution < 1.29 is 0 Å². The summed E-state index contributed by atoms with van der Waals surface area (Å²) < 4.78 is 0. The molecular weight excluding hydrogens is 783 g/mol. The predicted octanol–water partition coefficient (Wildman–Crippen LogP) is 16.8. The fourth-order valence-electron chi connectivity index (χ4n) is 11.5. The second-order valence-electron chi connectivity index (χ2n) is 18.3. The summed E-state index contributed by atoms with van der Waals surface area (Å²) in [6, 6.07) is 81.7. The van der Waals surface area contributed by atoms with Gasteiger partial charge in [-0.3, -0.25) is 0 Å². The van der Waals surface area contributed by atoms with E-state index >= 15 is 0 Å². The van der Waals surface area contributed by atoms with E-state index in [9.17, 15) is 0 Å². The fraction of sp³-hybridized carbons (Fsp3) is 0.0938. The van der Waals surface area contributed by atoms with Crippen molar-refractivity contribution in [3.05, 3.63) is 282 Å². The third-order valence-corrected chi connectivity index (χ3v) is 14.5. The van der Waals surface area contributed by atoms with Gasteiger partial charge in [-0.15, -0.1) is 0 Å². The lowest BCUT2D eigenvalue weighted by atomic mass is 9.67. The molecule has 9 aromatic rings. The molecule has 0 heterocycles. The lowest BCUT2D eigenvalue weighted by Gasteiger charge is -2.34. The molecule has 0 amide bonds. The minimum absolute atomic E-state index is 0.143. The third-order valence-electron chi connectivity index (χ3n) is 14.5. The third kappa shape index (κ3) is 6.14. The number of fused-ring (bicyclic) bond motifs is 6. The lowest BCUT2D eigenvalue weighted by Crippen LogP contribution is -2.28. The Hall–Kier alpha value is -7.74. The normalized spacial score (nSPS) is 15.8. The van der Waals surface area contributed by atoms with E-state index in [0.717, 1.165) is 23.5 Å². The molecule has 0 bridgehead atoms. The van der Waals surface area contributed by atoms with Crippen LogP contribution in [0.15, 0.2) is 243 Å². The van der Waals surface area contributed by atoms with Crippen LogP contribution in [0.5, 0.6) is 0 Å². The van der Waals surface area contributed by atoms with Gasteiger partial charge in [0.2, 0.25) is 0 Å². The van der Waals surface area contributed by atoms with Crippen LogP contribution < -0.4 is 4.90 Å². The number of hydrogen-bond acceptors (Lipinski definition) is 1. The minimum Gasteiger partial charge on any atom is -0.310 e. The molecule has 0 fully saturated rings. The second kappa shape index (κ2) is 15.5. The number of allylic oxidation sites excluding steroid dienone is 4. The van der Waals surface area contributed by atoms with E-state index in [1.54, 1.807) is 0 Å². The molecule has 0 N–H and O–H groups in total.